The van der Waals surface area contributed by atoms with Crippen molar-refractivity contribution in [2.75, 3.05) is 44.7 Å². The molecule has 2 rings (SSSR count). The number of halogens is 1. The van der Waals surface area contributed by atoms with E-state index in [9.17, 15) is 4.39 Å². The Labute approximate surface area is 102 Å². The highest BCUT2D eigenvalue weighted by Crippen LogP contribution is 2.24. The van der Waals surface area contributed by atoms with Crippen molar-refractivity contribution in [3.63, 3.8) is 0 Å². The largest absolute Gasteiger partial charge is 0.369 e. The van der Waals surface area contributed by atoms with E-state index in [1.165, 1.54) is 6.07 Å². The van der Waals surface area contributed by atoms with Crippen LogP contribution in [0, 0.1) is 5.82 Å². The van der Waals surface area contributed by atoms with Crippen molar-refractivity contribution in [2.24, 2.45) is 5.73 Å². The molecular weight excluding hydrogens is 217 g/mol. The fourth-order valence-electron chi connectivity index (χ4n) is 2.28. The third kappa shape index (κ3) is 2.76. The predicted molar refractivity (Wildman–Crippen MR) is 68.9 cm³/mol. The predicted octanol–water partition coefficient (Wildman–Crippen LogP) is 1.08. The van der Waals surface area contributed by atoms with Gasteiger partial charge in [-0.05, 0) is 32.1 Å². The van der Waals surface area contributed by atoms with Crippen molar-refractivity contribution in [3.05, 3.63) is 29.6 Å². The molecule has 0 spiro atoms. The lowest BCUT2D eigenvalue weighted by Gasteiger charge is -2.35. The van der Waals surface area contributed by atoms with E-state index in [0.717, 1.165) is 37.4 Å². The van der Waals surface area contributed by atoms with Gasteiger partial charge in [-0.3, -0.25) is 0 Å². The summed E-state index contributed by atoms with van der Waals surface area (Å²) in [5.41, 5.74) is 7.34. The molecule has 1 aromatic rings. The van der Waals surface area contributed by atoms with Gasteiger partial charge in [0, 0.05) is 37.4 Å². The molecule has 0 amide bonds. The van der Waals surface area contributed by atoms with Crippen molar-refractivity contribution in [2.45, 2.75) is 6.42 Å². The minimum absolute atomic E-state index is 0.133. The molecule has 2 N–H and O–H groups in total. The topological polar surface area (TPSA) is 32.5 Å². The van der Waals surface area contributed by atoms with E-state index < -0.39 is 0 Å². The quantitative estimate of drug-likeness (QED) is 0.854. The number of hydrogen-bond acceptors (Lipinski definition) is 3. The van der Waals surface area contributed by atoms with Gasteiger partial charge in [0.15, 0.2) is 0 Å². The minimum Gasteiger partial charge on any atom is -0.369 e. The molecule has 1 aliphatic rings. The maximum Gasteiger partial charge on any atom is 0.128 e. The molecule has 1 heterocycles. The van der Waals surface area contributed by atoms with Gasteiger partial charge in [0.1, 0.15) is 5.82 Å². The number of likely N-dealkylation sites (N-methyl/N-ethyl adjacent to an activating group) is 1. The number of nitrogens with two attached hydrogens (primary N) is 1. The van der Waals surface area contributed by atoms with E-state index in [1.54, 1.807) is 6.07 Å². The average Bonchev–Trinajstić information content (AvgIpc) is 2.33. The van der Waals surface area contributed by atoms with Crippen LogP contribution in [0.15, 0.2) is 18.2 Å². The maximum absolute atomic E-state index is 13.8. The molecule has 0 aromatic heterocycles. The van der Waals surface area contributed by atoms with Gasteiger partial charge in [0.2, 0.25) is 0 Å². The molecule has 1 aromatic carbocycles. The Bertz CT molecular complexity index is 373. The van der Waals surface area contributed by atoms with E-state index in [-0.39, 0.29) is 5.82 Å². The van der Waals surface area contributed by atoms with Gasteiger partial charge in [-0.1, -0.05) is 6.07 Å². The van der Waals surface area contributed by atoms with Crippen LogP contribution in [0.2, 0.25) is 0 Å². The Hall–Kier alpha value is -1.13. The summed E-state index contributed by atoms with van der Waals surface area (Å²) < 4.78 is 13.8. The second-order valence-corrected chi connectivity index (χ2v) is 4.57. The molecule has 0 bridgehead atoms. The summed E-state index contributed by atoms with van der Waals surface area (Å²) in [6.45, 7) is 4.45. The lowest BCUT2D eigenvalue weighted by molar-refractivity contribution is 0.312. The van der Waals surface area contributed by atoms with Crippen molar-refractivity contribution in [3.8, 4) is 0 Å². The van der Waals surface area contributed by atoms with Crippen LogP contribution in [-0.4, -0.2) is 44.7 Å². The summed E-state index contributed by atoms with van der Waals surface area (Å²) >= 11 is 0. The van der Waals surface area contributed by atoms with Gasteiger partial charge in [0.05, 0.1) is 0 Å². The summed E-state index contributed by atoms with van der Waals surface area (Å²) in [7, 11) is 2.11. The Balaban J connectivity index is 2.22. The summed E-state index contributed by atoms with van der Waals surface area (Å²) in [6.07, 6.45) is 0.606. The van der Waals surface area contributed by atoms with Gasteiger partial charge in [0.25, 0.3) is 0 Å². The van der Waals surface area contributed by atoms with Gasteiger partial charge in [-0.25, -0.2) is 4.39 Å². The molecule has 94 valence electrons. The number of piperazine rings is 1. The van der Waals surface area contributed by atoms with Crippen LogP contribution in [0.3, 0.4) is 0 Å². The van der Waals surface area contributed by atoms with E-state index in [4.69, 9.17) is 5.73 Å². The number of hydrogen-bond donors (Lipinski definition) is 1. The highest BCUT2D eigenvalue weighted by Gasteiger charge is 2.18. The molecule has 1 aliphatic heterocycles. The molecule has 1 saturated heterocycles. The molecule has 0 atom stereocenters. The maximum atomic E-state index is 13.8. The fraction of sp³-hybridized carbons (Fsp3) is 0.538. The summed E-state index contributed by atoms with van der Waals surface area (Å²) in [5, 5.41) is 0. The van der Waals surface area contributed by atoms with E-state index in [1.807, 2.05) is 6.07 Å². The van der Waals surface area contributed by atoms with Crippen LogP contribution in [0.1, 0.15) is 5.56 Å². The molecule has 4 heteroatoms. The van der Waals surface area contributed by atoms with Crippen LogP contribution < -0.4 is 10.6 Å². The molecule has 0 unspecified atom stereocenters. The number of benzene rings is 1. The molecular formula is C13H20FN3. The van der Waals surface area contributed by atoms with Crippen LogP contribution in [0.4, 0.5) is 10.1 Å². The summed E-state index contributed by atoms with van der Waals surface area (Å²) in [4.78, 5) is 4.55. The lowest BCUT2D eigenvalue weighted by atomic mass is 10.1. The summed E-state index contributed by atoms with van der Waals surface area (Å²) in [5.74, 6) is -0.133. The highest BCUT2D eigenvalue weighted by molar-refractivity contribution is 5.54. The summed E-state index contributed by atoms with van der Waals surface area (Å²) in [6, 6.07) is 5.30. The first-order valence-electron chi connectivity index (χ1n) is 6.13. The zero-order valence-corrected chi connectivity index (χ0v) is 10.3. The molecule has 0 saturated carbocycles. The highest BCUT2D eigenvalue weighted by atomic mass is 19.1. The van der Waals surface area contributed by atoms with E-state index in [0.29, 0.717) is 13.0 Å². The van der Waals surface area contributed by atoms with Crippen LogP contribution in [-0.2, 0) is 6.42 Å². The van der Waals surface area contributed by atoms with Gasteiger partial charge in [-0.15, -0.1) is 0 Å². The van der Waals surface area contributed by atoms with E-state index in [2.05, 4.69) is 16.8 Å². The van der Waals surface area contributed by atoms with Gasteiger partial charge >= 0.3 is 0 Å². The zero-order chi connectivity index (χ0) is 12.3. The standard InChI is InChI=1S/C13H20FN3/c1-16-7-9-17(10-8-16)13-4-2-3-12(14)11(13)5-6-15/h2-4H,5-10,15H2,1H3. The van der Waals surface area contributed by atoms with Crippen molar-refractivity contribution in [1.82, 2.24) is 4.90 Å². The molecule has 3 nitrogen and oxygen atoms in total. The Kier molecular flexibility index (Phi) is 3.97. The van der Waals surface area contributed by atoms with Crippen molar-refractivity contribution in [1.29, 1.82) is 0 Å². The molecule has 0 aliphatic carbocycles. The van der Waals surface area contributed by atoms with Crippen LogP contribution >= 0.6 is 0 Å². The first kappa shape index (κ1) is 12.3. The fourth-order valence-corrected chi connectivity index (χ4v) is 2.28. The third-order valence-electron chi connectivity index (χ3n) is 3.33. The van der Waals surface area contributed by atoms with Crippen molar-refractivity contribution < 1.29 is 4.39 Å². The number of nitrogens with zero attached hydrogens (tertiary/aromatic N) is 2. The normalized spacial score (nSPS) is 17.5. The lowest BCUT2D eigenvalue weighted by Crippen LogP contribution is -2.45. The zero-order valence-electron chi connectivity index (χ0n) is 10.3. The third-order valence-corrected chi connectivity index (χ3v) is 3.33. The monoisotopic (exact) mass is 237 g/mol. The molecule has 0 radical (unpaired) electrons. The van der Waals surface area contributed by atoms with Crippen LogP contribution in [0.25, 0.3) is 0 Å². The Morgan fingerprint density at radius 3 is 2.59 bits per heavy atom. The first-order valence-corrected chi connectivity index (χ1v) is 6.13. The Morgan fingerprint density at radius 1 is 1.24 bits per heavy atom. The molecule has 17 heavy (non-hydrogen) atoms. The average molecular weight is 237 g/mol. The second kappa shape index (κ2) is 5.47. The Morgan fingerprint density at radius 2 is 1.94 bits per heavy atom. The molecule has 1 fully saturated rings. The van der Waals surface area contributed by atoms with Crippen molar-refractivity contribution >= 4 is 5.69 Å². The number of anilines is 1. The minimum atomic E-state index is -0.133. The van der Waals surface area contributed by atoms with E-state index >= 15 is 0 Å². The number of rotatable bonds is 3. The SMILES string of the molecule is CN1CCN(c2cccc(F)c2CCN)CC1. The second-order valence-electron chi connectivity index (χ2n) is 4.57. The smallest absolute Gasteiger partial charge is 0.128 e. The van der Waals surface area contributed by atoms with Gasteiger partial charge in [-0.2, -0.15) is 0 Å². The van der Waals surface area contributed by atoms with Crippen LogP contribution in [0.5, 0.6) is 0 Å². The van der Waals surface area contributed by atoms with Gasteiger partial charge < -0.3 is 15.5 Å². The first-order chi connectivity index (χ1) is 8.22.